The lowest BCUT2D eigenvalue weighted by Gasteiger charge is -2.28. The Balaban J connectivity index is 1.87. The average Bonchev–Trinajstić information content (AvgIpc) is 2.92. The Bertz CT molecular complexity index is 428. The fourth-order valence-electron chi connectivity index (χ4n) is 2.21. The van der Waals surface area contributed by atoms with Crippen LogP contribution in [0.5, 0.6) is 0 Å². The molecule has 1 saturated heterocycles. The summed E-state index contributed by atoms with van der Waals surface area (Å²) < 4.78 is 0. The molecule has 5 heteroatoms. The van der Waals surface area contributed by atoms with Crippen molar-refractivity contribution < 1.29 is 9.90 Å². The molecule has 1 atom stereocenters. The van der Waals surface area contributed by atoms with Crippen LogP contribution in [0.4, 0.5) is 0 Å². The third-order valence-electron chi connectivity index (χ3n) is 3.35. The van der Waals surface area contributed by atoms with E-state index >= 15 is 0 Å². The zero-order valence-corrected chi connectivity index (χ0v) is 8.10. The van der Waals surface area contributed by atoms with Crippen LogP contribution in [0, 0.1) is 5.41 Å². The van der Waals surface area contributed by atoms with Crippen molar-refractivity contribution in [1.82, 2.24) is 15.3 Å². The Morgan fingerprint density at radius 3 is 2.93 bits per heavy atom. The lowest BCUT2D eigenvalue weighted by molar-refractivity contribution is 0.0690. The van der Waals surface area contributed by atoms with Gasteiger partial charge in [-0.05, 0) is 12.5 Å². The van der Waals surface area contributed by atoms with Gasteiger partial charge in [-0.2, -0.15) is 0 Å². The van der Waals surface area contributed by atoms with Crippen LogP contribution in [0.15, 0.2) is 12.3 Å². The highest BCUT2D eigenvalue weighted by molar-refractivity contribution is 5.85. The molecule has 1 aliphatic carbocycles. The van der Waals surface area contributed by atoms with Crippen molar-refractivity contribution >= 4 is 5.97 Å². The van der Waals surface area contributed by atoms with Gasteiger partial charge in [-0.15, -0.1) is 0 Å². The zero-order chi connectivity index (χ0) is 10.5. The van der Waals surface area contributed by atoms with Gasteiger partial charge in [-0.25, -0.2) is 14.8 Å². The van der Waals surface area contributed by atoms with E-state index < -0.39 is 5.97 Å². The van der Waals surface area contributed by atoms with Crippen molar-refractivity contribution in [2.75, 3.05) is 13.1 Å². The molecule has 15 heavy (non-hydrogen) atoms. The Morgan fingerprint density at radius 2 is 2.40 bits per heavy atom. The van der Waals surface area contributed by atoms with Crippen molar-refractivity contribution in [2.45, 2.75) is 12.3 Å². The smallest absolute Gasteiger partial charge is 0.354 e. The molecule has 78 valence electrons. The maximum atomic E-state index is 10.7. The molecular weight excluding hydrogens is 194 g/mol. The molecular formula is C10H11N3O2. The van der Waals surface area contributed by atoms with Crippen LogP contribution in [-0.2, 0) is 0 Å². The summed E-state index contributed by atoms with van der Waals surface area (Å²) in [6.07, 6.45) is 2.62. The highest BCUT2D eigenvalue weighted by atomic mass is 16.4. The van der Waals surface area contributed by atoms with E-state index in [1.807, 2.05) is 0 Å². The number of nitrogens with one attached hydrogen (secondary N) is 1. The van der Waals surface area contributed by atoms with Crippen LogP contribution in [0.25, 0.3) is 0 Å². The Morgan fingerprint density at radius 1 is 1.60 bits per heavy atom. The number of hydrogen-bond donors (Lipinski definition) is 2. The van der Waals surface area contributed by atoms with Crippen molar-refractivity contribution in [2.24, 2.45) is 5.41 Å². The highest BCUT2D eigenvalue weighted by Gasteiger charge is 2.59. The Hall–Kier alpha value is -1.49. The van der Waals surface area contributed by atoms with Crippen LogP contribution in [0.1, 0.15) is 28.7 Å². The molecule has 0 aromatic carbocycles. The van der Waals surface area contributed by atoms with Gasteiger partial charge < -0.3 is 10.4 Å². The van der Waals surface area contributed by atoms with Gasteiger partial charge in [-0.1, -0.05) is 0 Å². The first-order valence-corrected chi connectivity index (χ1v) is 4.98. The zero-order valence-electron chi connectivity index (χ0n) is 8.10. The third-order valence-corrected chi connectivity index (χ3v) is 3.35. The summed E-state index contributed by atoms with van der Waals surface area (Å²) in [4.78, 5) is 19.0. The summed E-state index contributed by atoms with van der Waals surface area (Å²) in [6.45, 7) is 2.02. The molecule has 2 N–H and O–H groups in total. The maximum Gasteiger partial charge on any atom is 0.354 e. The number of nitrogens with zero attached hydrogens (tertiary/aromatic N) is 2. The lowest BCUT2D eigenvalue weighted by atomic mass is 9.96. The quantitative estimate of drug-likeness (QED) is 0.724. The fraction of sp³-hybridized carbons (Fsp3) is 0.500. The standard InChI is InChI=1S/C10H11N3O2/c14-9(15)7-1-2-12-8(13-7)6-3-10(6)4-11-5-10/h1-2,6,11H,3-5H2,(H,14,15). The van der Waals surface area contributed by atoms with Crippen LogP contribution < -0.4 is 5.32 Å². The van der Waals surface area contributed by atoms with Gasteiger partial charge in [0.2, 0.25) is 0 Å². The molecule has 0 amide bonds. The number of rotatable bonds is 2. The molecule has 3 rings (SSSR count). The minimum Gasteiger partial charge on any atom is -0.477 e. The van der Waals surface area contributed by atoms with Crippen LogP contribution >= 0.6 is 0 Å². The minimum absolute atomic E-state index is 0.0920. The van der Waals surface area contributed by atoms with Gasteiger partial charge >= 0.3 is 5.97 Å². The predicted octanol–water partition coefficient (Wildman–Crippen LogP) is 0.252. The number of aromatic nitrogens is 2. The largest absolute Gasteiger partial charge is 0.477 e. The monoisotopic (exact) mass is 205 g/mol. The van der Waals surface area contributed by atoms with E-state index in [0.29, 0.717) is 17.2 Å². The minimum atomic E-state index is -0.986. The second kappa shape index (κ2) is 2.76. The van der Waals surface area contributed by atoms with Gasteiger partial charge in [0.25, 0.3) is 0 Å². The summed E-state index contributed by atoms with van der Waals surface area (Å²) in [5, 5.41) is 12.0. The van der Waals surface area contributed by atoms with E-state index in [0.717, 1.165) is 19.5 Å². The first kappa shape index (κ1) is 8.79. The molecule has 1 spiro atoms. The molecule has 0 bridgehead atoms. The van der Waals surface area contributed by atoms with E-state index in [1.54, 1.807) is 0 Å². The summed E-state index contributed by atoms with van der Waals surface area (Å²) in [5.41, 5.74) is 0.436. The van der Waals surface area contributed by atoms with Gasteiger partial charge in [0.15, 0.2) is 5.69 Å². The van der Waals surface area contributed by atoms with E-state index in [2.05, 4.69) is 15.3 Å². The Kier molecular flexibility index (Phi) is 1.62. The molecule has 2 fully saturated rings. The number of aromatic carboxylic acids is 1. The fourth-order valence-corrected chi connectivity index (χ4v) is 2.21. The SMILES string of the molecule is O=C(O)c1ccnc(C2CC23CNC3)n1. The molecule has 1 aromatic heterocycles. The molecule has 1 saturated carbocycles. The summed E-state index contributed by atoms with van der Waals surface area (Å²) in [7, 11) is 0. The molecule has 1 aromatic rings. The number of hydrogen-bond acceptors (Lipinski definition) is 4. The molecule has 5 nitrogen and oxygen atoms in total. The summed E-state index contributed by atoms with van der Waals surface area (Å²) in [6, 6.07) is 1.43. The first-order chi connectivity index (χ1) is 7.21. The van der Waals surface area contributed by atoms with E-state index in [1.165, 1.54) is 12.3 Å². The van der Waals surface area contributed by atoms with Crippen molar-refractivity contribution in [1.29, 1.82) is 0 Å². The van der Waals surface area contributed by atoms with Crippen molar-refractivity contribution in [3.8, 4) is 0 Å². The van der Waals surface area contributed by atoms with Crippen molar-refractivity contribution in [3.05, 3.63) is 23.8 Å². The summed E-state index contributed by atoms with van der Waals surface area (Å²) in [5.74, 6) is 0.0644. The van der Waals surface area contributed by atoms with Gasteiger partial charge in [0.1, 0.15) is 5.82 Å². The summed E-state index contributed by atoms with van der Waals surface area (Å²) >= 11 is 0. The van der Waals surface area contributed by atoms with E-state index in [-0.39, 0.29) is 5.69 Å². The van der Waals surface area contributed by atoms with Gasteiger partial charge in [-0.3, -0.25) is 0 Å². The third kappa shape index (κ3) is 1.23. The molecule has 0 radical (unpaired) electrons. The second-order valence-corrected chi connectivity index (χ2v) is 4.33. The topological polar surface area (TPSA) is 75.1 Å². The lowest BCUT2D eigenvalue weighted by Crippen LogP contribution is -2.45. The normalized spacial score (nSPS) is 26.0. The van der Waals surface area contributed by atoms with E-state index in [4.69, 9.17) is 5.11 Å². The van der Waals surface area contributed by atoms with Crippen molar-refractivity contribution in [3.63, 3.8) is 0 Å². The molecule has 1 aliphatic heterocycles. The number of carboxylic acid groups (broad SMARTS) is 1. The Labute approximate surface area is 86.6 Å². The highest BCUT2D eigenvalue weighted by Crippen LogP contribution is 2.60. The van der Waals surface area contributed by atoms with Crippen LogP contribution in [-0.4, -0.2) is 34.1 Å². The maximum absolute atomic E-state index is 10.7. The molecule has 1 unspecified atom stereocenters. The first-order valence-electron chi connectivity index (χ1n) is 4.98. The van der Waals surface area contributed by atoms with Crippen LogP contribution in [0.3, 0.4) is 0 Å². The van der Waals surface area contributed by atoms with Gasteiger partial charge in [0.05, 0.1) is 0 Å². The molecule has 2 aliphatic rings. The predicted molar refractivity (Wildman–Crippen MR) is 51.7 cm³/mol. The van der Waals surface area contributed by atoms with E-state index in [9.17, 15) is 4.79 Å². The van der Waals surface area contributed by atoms with Gasteiger partial charge in [0, 0.05) is 30.6 Å². The number of carbonyl (C=O) groups is 1. The number of carboxylic acids is 1. The van der Waals surface area contributed by atoms with Crippen LogP contribution in [0.2, 0.25) is 0 Å². The second-order valence-electron chi connectivity index (χ2n) is 4.33. The average molecular weight is 205 g/mol. The molecule has 2 heterocycles.